The lowest BCUT2D eigenvalue weighted by atomic mass is 9.62. The van der Waals surface area contributed by atoms with Gasteiger partial charge in [0.1, 0.15) is 11.5 Å². The van der Waals surface area contributed by atoms with E-state index in [-0.39, 0.29) is 28.9 Å². The average Bonchev–Trinajstić information content (AvgIpc) is 3.08. The summed E-state index contributed by atoms with van der Waals surface area (Å²) >= 11 is 0. The third-order valence-corrected chi connectivity index (χ3v) is 8.94. The Kier molecular flexibility index (Phi) is 6.76. The number of amides is 1. The molecule has 0 fully saturated rings. The zero-order chi connectivity index (χ0) is 30.7. The Hall–Kier alpha value is -4.38. The van der Waals surface area contributed by atoms with Crippen molar-refractivity contribution in [1.82, 2.24) is 0 Å². The Morgan fingerprint density at radius 3 is 2.05 bits per heavy atom. The molecule has 0 saturated heterocycles. The average molecular weight is 574 g/mol. The van der Waals surface area contributed by atoms with E-state index in [0.29, 0.717) is 12.3 Å². The molecule has 0 aromatic heterocycles. The minimum absolute atomic E-state index is 0.107. The quantitative estimate of drug-likeness (QED) is 0.200. The summed E-state index contributed by atoms with van der Waals surface area (Å²) in [5.41, 5.74) is 3.89. The maximum atomic E-state index is 15.1. The highest BCUT2D eigenvalue weighted by Crippen LogP contribution is 2.58. The number of hydrogen-bond donors (Lipinski definition) is 1. The molecular formula is C38H39NO4. The summed E-state index contributed by atoms with van der Waals surface area (Å²) in [5, 5.41) is 11.6. The third kappa shape index (κ3) is 4.71. The van der Waals surface area contributed by atoms with Gasteiger partial charge in [0.25, 0.3) is 0 Å². The standard InChI is InChI=1S/C38H39NO4/c1-36(2,3)28-20-25(21-29(34(28)41)37(4,5)6)33-26-16-10-13-19-31(26)43-32(40)22-38(33)27-17-11-12-18-30(27)39(35(38)42)23-24-14-8-7-9-15-24/h7-21,33,41H,22-23H2,1-6H3/t33-,38+/m0/s1. The van der Waals surface area contributed by atoms with E-state index in [2.05, 4.69) is 41.5 Å². The van der Waals surface area contributed by atoms with Crippen molar-refractivity contribution in [3.8, 4) is 11.5 Å². The monoisotopic (exact) mass is 573 g/mol. The number of phenols is 1. The lowest BCUT2D eigenvalue weighted by Gasteiger charge is -2.37. The molecule has 1 amide bonds. The predicted octanol–water partition coefficient (Wildman–Crippen LogP) is 7.91. The van der Waals surface area contributed by atoms with Crippen molar-refractivity contribution in [1.29, 1.82) is 0 Å². The molecule has 0 aliphatic carbocycles. The Balaban J connectivity index is 1.69. The lowest BCUT2D eigenvalue weighted by Crippen LogP contribution is -2.46. The Bertz CT molecular complexity index is 1690. The molecule has 2 heterocycles. The van der Waals surface area contributed by atoms with Crippen LogP contribution in [0.2, 0.25) is 0 Å². The number of nitrogens with zero attached hydrogens (tertiary/aromatic N) is 1. The van der Waals surface area contributed by atoms with Crippen LogP contribution in [0.5, 0.6) is 11.5 Å². The van der Waals surface area contributed by atoms with E-state index in [9.17, 15) is 9.90 Å². The summed E-state index contributed by atoms with van der Waals surface area (Å²) in [6, 6.07) is 29.4. The number of ether oxygens (including phenoxy) is 1. The smallest absolute Gasteiger partial charge is 0.312 e. The highest BCUT2D eigenvalue weighted by atomic mass is 16.5. The van der Waals surface area contributed by atoms with Crippen molar-refractivity contribution in [2.45, 2.75) is 76.7 Å². The summed E-state index contributed by atoms with van der Waals surface area (Å²) in [5.74, 6) is -0.378. The first kappa shape index (κ1) is 28.7. The summed E-state index contributed by atoms with van der Waals surface area (Å²) in [6.07, 6.45) is -0.107. The van der Waals surface area contributed by atoms with E-state index in [4.69, 9.17) is 4.74 Å². The zero-order valence-corrected chi connectivity index (χ0v) is 25.8. The fourth-order valence-electron chi connectivity index (χ4n) is 6.92. The Morgan fingerprint density at radius 1 is 0.814 bits per heavy atom. The van der Waals surface area contributed by atoms with Crippen LogP contribution in [-0.4, -0.2) is 17.0 Å². The van der Waals surface area contributed by atoms with Gasteiger partial charge in [0.2, 0.25) is 5.91 Å². The zero-order valence-electron chi connectivity index (χ0n) is 25.8. The molecule has 5 nitrogen and oxygen atoms in total. The van der Waals surface area contributed by atoms with Crippen LogP contribution >= 0.6 is 0 Å². The normalized spacial score (nSPS) is 20.0. The van der Waals surface area contributed by atoms with Gasteiger partial charge in [-0.05, 0) is 50.8 Å². The molecule has 0 unspecified atom stereocenters. The van der Waals surface area contributed by atoms with Crippen LogP contribution in [0.25, 0.3) is 0 Å². The predicted molar refractivity (Wildman–Crippen MR) is 170 cm³/mol. The lowest BCUT2D eigenvalue weighted by molar-refractivity contribution is -0.138. The molecule has 2 aliphatic heterocycles. The number of carbonyl (C=O) groups is 2. The summed E-state index contributed by atoms with van der Waals surface area (Å²) < 4.78 is 5.97. The van der Waals surface area contributed by atoms with Crippen LogP contribution in [0.3, 0.4) is 0 Å². The minimum atomic E-state index is -1.25. The molecule has 0 radical (unpaired) electrons. The molecule has 5 heteroatoms. The number of anilines is 1. The maximum absolute atomic E-state index is 15.1. The summed E-state index contributed by atoms with van der Waals surface area (Å²) in [4.78, 5) is 30.6. The fourth-order valence-corrected chi connectivity index (χ4v) is 6.92. The van der Waals surface area contributed by atoms with E-state index in [1.165, 1.54) is 0 Å². The largest absolute Gasteiger partial charge is 0.507 e. The highest BCUT2D eigenvalue weighted by molar-refractivity contribution is 6.11. The van der Waals surface area contributed by atoms with Crippen molar-refractivity contribution < 1.29 is 19.4 Å². The number of rotatable bonds is 3. The van der Waals surface area contributed by atoms with E-state index in [0.717, 1.165) is 39.1 Å². The molecule has 4 aromatic carbocycles. The van der Waals surface area contributed by atoms with Gasteiger partial charge in [0.15, 0.2) is 0 Å². The van der Waals surface area contributed by atoms with Gasteiger partial charge in [0.05, 0.1) is 18.4 Å². The van der Waals surface area contributed by atoms with E-state index in [1.807, 2.05) is 95.9 Å². The van der Waals surface area contributed by atoms with E-state index in [1.54, 1.807) is 0 Å². The van der Waals surface area contributed by atoms with Gasteiger partial charge in [-0.25, -0.2) is 0 Å². The van der Waals surface area contributed by atoms with Gasteiger partial charge in [-0.2, -0.15) is 0 Å². The van der Waals surface area contributed by atoms with Crippen molar-refractivity contribution in [2.24, 2.45) is 0 Å². The second-order valence-corrected chi connectivity index (χ2v) is 14.0. The van der Waals surface area contributed by atoms with Crippen molar-refractivity contribution in [3.63, 3.8) is 0 Å². The van der Waals surface area contributed by atoms with Crippen molar-refractivity contribution in [3.05, 3.63) is 124 Å². The SMILES string of the molecule is CC(C)(C)c1cc([C@H]2c3ccccc3OC(=O)C[C@]23C(=O)N(Cc2ccccc2)c2ccccc23)cc(C(C)(C)C)c1O. The van der Waals surface area contributed by atoms with Crippen LogP contribution < -0.4 is 9.64 Å². The van der Waals surface area contributed by atoms with Crippen LogP contribution in [0, 0.1) is 0 Å². The molecule has 6 rings (SSSR count). The van der Waals surface area contributed by atoms with Crippen LogP contribution in [-0.2, 0) is 32.4 Å². The highest BCUT2D eigenvalue weighted by Gasteiger charge is 2.59. The van der Waals surface area contributed by atoms with Gasteiger partial charge in [-0.15, -0.1) is 0 Å². The molecule has 43 heavy (non-hydrogen) atoms. The first-order chi connectivity index (χ1) is 20.3. The minimum Gasteiger partial charge on any atom is -0.507 e. The number of phenolic OH excluding ortho intramolecular Hbond substituents is 1. The second-order valence-electron chi connectivity index (χ2n) is 14.0. The first-order valence-corrected chi connectivity index (χ1v) is 15.0. The molecule has 2 atom stereocenters. The Morgan fingerprint density at radius 2 is 1.40 bits per heavy atom. The van der Waals surface area contributed by atoms with Gasteiger partial charge in [-0.3, -0.25) is 9.59 Å². The molecule has 1 spiro atoms. The van der Waals surface area contributed by atoms with Crippen LogP contribution in [0.1, 0.15) is 87.3 Å². The van der Waals surface area contributed by atoms with Crippen molar-refractivity contribution >= 4 is 17.6 Å². The Labute approximate surface area is 254 Å². The van der Waals surface area contributed by atoms with Gasteiger partial charge in [0, 0.05) is 17.2 Å². The molecular weight excluding hydrogens is 534 g/mol. The first-order valence-electron chi connectivity index (χ1n) is 15.0. The van der Waals surface area contributed by atoms with Crippen LogP contribution in [0.15, 0.2) is 91.0 Å². The van der Waals surface area contributed by atoms with Crippen molar-refractivity contribution in [2.75, 3.05) is 4.90 Å². The van der Waals surface area contributed by atoms with Gasteiger partial charge >= 0.3 is 5.97 Å². The fraction of sp³-hybridized carbons (Fsp3) is 0.316. The number of benzene rings is 4. The molecule has 0 bridgehead atoms. The molecule has 2 aliphatic rings. The summed E-state index contributed by atoms with van der Waals surface area (Å²) in [6.45, 7) is 12.9. The topological polar surface area (TPSA) is 66.8 Å². The van der Waals surface area contributed by atoms with Gasteiger partial charge in [-0.1, -0.05) is 120 Å². The maximum Gasteiger partial charge on any atom is 0.312 e. The molecule has 1 N–H and O–H groups in total. The van der Waals surface area contributed by atoms with E-state index < -0.39 is 17.3 Å². The third-order valence-electron chi connectivity index (χ3n) is 8.94. The molecule has 0 saturated carbocycles. The summed E-state index contributed by atoms with van der Waals surface area (Å²) in [7, 11) is 0. The number of hydrogen-bond acceptors (Lipinski definition) is 4. The van der Waals surface area contributed by atoms with E-state index >= 15 is 4.79 Å². The molecule has 220 valence electrons. The number of fused-ring (bicyclic) bond motifs is 3. The molecule has 4 aromatic rings. The number of para-hydroxylation sites is 2. The van der Waals surface area contributed by atoms with Crippen LogP contribution in [0.4, 0.5) is 5.69 Å². The number of carbonyl (C=O) groups excluding carboxylic acids is 2. The van der Waals surface area contributed by atoms with Gasteiger partial charge < -0.3 is 14.7 Å². The number of esters is 1. The number of aromatic hydroxyl groups is 1. The second kappa shape index (κ2) is 10.1.